The minimum absolute atomic E-state index is 0.211. The van der Waals surface area contributed by atoms with Crippen molar-refractivity contribution < 1.29 is 4.39 Å². The fraction of sp³-hybridized carbons (Fsp3) is 0.462. The quantitative estimate of drug-likeness (QED) is 0.797. The fourth-order valence-corrected chi connectivity index (χ4v) is 2.85. The maximum absolute atomic E-state index is 13.1. The second-order valence-corrected chi connectivity index (χ2v) is 5.38. The predicted octanol–water partition coefficient (Wildman–Crippen LogP) is 4.21. The maximum Gasteiger partial charge on any atom is 0.137 e. The van der Waals surface area contributed by atoms with Crippen LogP contribution in [-0.2, 0) is 6.42 Å². The van der Waals surface area contributed by atoms with Gasteiger partial charge >= 0.3 is 0 Å². The maximum atomic E-state index is 13.1. The zero-order valence-corrected chi connectivity index (χ0v) is 10.6. The molecule has 1 aliphatic rings. The molecule has 1 fully saturated rings. The van der Waals surface area contributed by atoms with Crippen LogP contribution in [0.3, 0.4) is 0 Å². The summed E-state index contributed by atoms with van der Waals surface area (Å²) in [6, 6.07) is 7.47. The molecule has 0 aliphatic heterocycles. The number of hydrogen-bond acceptors (Lipinski definition) is 1. The zero-order valence-electron chi connectivity index (χ0n) is 8.97. The van der Waals surface area contributed by atoms with Crippen molar-refractivity contribution in [2.45, 2.75) is 32.1 Å². The molecule has 2 rings (SSSR count). The highest BCUT2D eigenvalue weighted by molar-refractivity contribution is 9.10. The van der Waals surface area contributed by atoms with Crippen LogP contribution in [-0.4, -0.2) is 0 Å². The Morgan fingerprint density at radius 2 is 2.06 bits per heavy atom. The van der Waals surface area contributed by atoms with Gasteiger partial charge in [-0.05, 0) is 52.9 Å². The van der Waals surface area contributed by atoms with Crippen molar-refractivity contribution in [3.8, 4) is 6.07 Å². The molecule has 1 aliphatic carbocycles. The van der Waals surface area contributed by atoms with E-state index in [0.717, 1.165) is 37.7 Å². The van der Waals surface area contributed by atoms with E-state index in [-0.39, 0.29) is 11.2 Å². The van der Waals surface area contributed by atoms with Crippen LogP contribution in [0.5, 0.6) is 0 Å². The van der Waals surface area contributed by atoms with Gasteiger partial charge in [0.25, 0.3) is 0 Å². The Balaban J connectivity index is 2.20. The standard InChI is InChI=1S/C13H13BrFN/c14-11-7-10(3-4-12(11)15)8-13(9-16)5-1-2-6-13/h3-4,7H,1-2,5-6,8H2. The van der Waals surface area contributed by atoms with Crippen molar-refractivity contribution in [3.63, 3.8) is 0 Å². The van der Waals surface area contributed by atoms with Crippen LogP contribution in [0, 0.1) is 22.6 Å². The molecule has 0 heterocycles. The summed E-state index contributed by atoms with van der Waals surface area (Å²) in [5.74, 6) is -0.249. The summed E-state index contributed by atoms with van der Waals surface area (Å²) in [7, 11) is 0. The summed E-state index contributed by atoms with van der Waals surface area (Å²) >= 11 is 3.18. The Labute approximate surface area is 103 Å². The highest BCUT2D eigenvalue weighted by Gasteiger charge is 2.33. The minimum atomic E-state index is -0.249. The number of rotatable bonds is 2. The van der Waals surface area contributed by atoms with Crippen molar-refractivity contribution >= 4 is 15.9 Å². The van der Waals surface area contributed by atoms with Gasteiger partial charge in [0.1, 0.15) is 5.82 Å². The van der Waals surface area contributed by atoms with E-state index in [2.05, 4.69) is 22.0 Å². The molecular weight excluding hydrogens is 269 g/mol. The normalized spacial score (nSPS) is 18.3. The average Bonchev–Trinajstić information content (AvgIpc) is 2.73. The molecule has 0 atom stereocenters. The van der Waals surface area contributed by atoms with E-state index in [1.165, 1.54) is 6.07 Å². The molecule has 0 spiro atoms. The number of halogens is 2. The average molecular weight is 282 g/mol. The number of benzene rings is 1. The first-order valence-corrected chi connectivity index (χ1v) is 6.30. The van der Waals surface area contributed by atoms with Crippen LogP contribution >= 0.6 is 15.9 Å². The molecule has 1 nitrogen and oxygen atoms in total. The van der Waals surface area contributed by atoms with E-state index in [1.807, 2.05) is 0 Å². The third kappa shape index (κ3) is 2.27. The zero-order chi connectivity index (χ0) is 11.6. The summed E-state index contributed by atoms with van der Waals surface area (Å²) in [4.78, 5) is 0. The summed E-state index contributed by atoms with van der Waals surface area (Å²) in [5, 5.41) is 9.27. The Hall–Kier alpha value is -0.880. The van der Waals surface area contributed by atoms with Crippen LogP contribution in [0.15, 0.2) is 22.7 Å². The van der Waals surface area contributed by atoms with Crippen molar-refractivity contribution in [1.82, 2.24) is 0 Å². The topological polar surface area (TPSA) is 23.8 Å². The minimum Gasteiger partial charge on any atom is -0.206 e. The molecule has 0 aromatic heterocycles. The van der Waals surface area contributed by atoms with Crippen molar-refractivity contribution in [3.05, 3.63) is 34.1 Å². The Morgan fingerprint density at radius 1 is 1.38 bits per heavy atom. The fourth-order valence-electron chi connectivity index (χ4n) is 2.42. The smallest absolute Gasteiger partial charge is 0.137 e. The molecular formula is C13H13BrFN. The SMILES string of the molecule is N#CC1(Cc2ccc(F)c(Br)c2)CCCC1. The van der Waals surface area contributed by atoms with Gasteiger partial charge in [0.05, 0.1) is 16.0 Å². The molecule has 84 valence electrons. The third-order valence-electron chi connectivity index (χ3n) is 3.32. The first-order valence-electron chi connectivity index (χ1n) is 5.50. The van der Waals surface area contributed by atoms with Gasteiger partial charge in [0.15, 0.2) is 0 Å². The van der Waals surface area contributed by atoms with Gasteiger partial charge in [0, 0.05) is 0 Å². The van der Waals surface area contributed by atoms with Crippen molar-refractivity contribution in [1.29, 1.82) is 5.26 Å². The third-order valence-corrected chi connectivity index (χ3v) is 3.93. The van der Waals surface area contributed by atoms with Gasteiger partial charge in [-0.2, -0.15) is 5.26 Å². The van der Waals surface area contributed by atoms with Crippen LogP contribution in [0.2, 0.25) is 0 Å². The molecule has 3 heteroatoms. The molecule has 0 saturated heterocycles. The van der Waals surface area contributed by atoms with E-state index in [4.69, 9.17) is 0 Å². The largest absolute Gasteiger partial charge is 0.206 e. The first-order chi connectivity index (χ1) is 7.65. The van der Waals surface area contributed by atoms with Gasteiger partial charge in [0.2, 0.25) is 0 Å². The predicted molar refractivity (Wildman–Crippen MR) is 64.3 cm³/mol. The molecule has 0 unspecified atom stereocenters. The van der Waals surface area contributed by atoms with Gasteiger partial charge < -0.3 is 0 Å². The summed E-state index contributed by atoms with van der Waals surface area (Å²) < 4.78 is 13.6. The Kier molecular flexibility index (Phi) is 3.30. The highest BCUT2D eigenvalue weighted by atomic mass is 79.9. The number of nitrogens with zero attached hydrogens (tertiary/aromatic N) is 1. The summed E-state index contributed by atoms with van der Waals surface area (Å²) in [6.07, 6.45) is 4.95. The molecule has 0 radical (unpaired) electrons. The molecule has 0 N–H and O–H groups in total. The second-order valence-electron chi connectivity index (χ2n) is 4.52. The Morgan fingerprint density at radius 3 is 2.62 bits per heavy atom. The first kappa shape index (κ1) is 11.6. The molecule has 1 saturated carbocycles. The van der Waals surface area contributed by atoms with E-state index in [9.17, 15) is 9.65 Å². The van der Waals surface area contributed by atoms with Gasteiger partial charge in [-0.25, -0.2) is 4.39 Å². The second kappa shape index (κ2) is 4.55. The van der Waals surface area contributed by atoms with Crippen LogP contribution in [0.25, 0.3) is 0 Å². The molecule has 0 bridgehead atoms. The monoisotopic (exact) mass is 281 g/mol. The van der Waals surface area contributed by atoms with Crippen LogP contribution < -0.4 is 0 Å². The van der Waals surface area contributed by atoms with Gasteiger partial charge in [-0.1, -0.05) is 18.9 Å². The number of nitriles is 1. The van der Waals surface area contributed by atoms with Crippen molar-refractivity contribution in [2.75, 3.05) is 0 Å². The highest BCUT2D eigenvalue weighted by Crippen LogP contribution is 2.40. The molecule has 1 aromatic rings. The lowest BCUT2D eigenvalue weighted by Crippen LogP contribution is -2.16. The molecule has 16 heavy (non-hydrogen) atoms. The van der Waals surface area contributed by atoms with E-state index < -0.39 is 0 Å². The lowest BCUT2D eigenvalue weighted by molar-refractivity contribution is 0.407. The summed E-state index contributed by atoms with van der Waals surface area (Å²) in [5.41, 5.74) is 0.828. The lowest BCUT2D eigenvalue weighted by atomic mass is 9.81. The van der Waals surface area contributed by atoms with Gasteiger partial charge in [-0.3, -0.25) is 0 Å². The Bertz CT molecular complexity index is 430. The van der Waals surface area contributed by atoms with E-state index in [1.54, 1.807) is 12.1 Å². The number of hydrogen-bond donors (Lipinski definition) is 0. The molecule has 1 aromatic carbocycles. The lowest BCUT2D eigenvalue weighted by Gasteiger charge is -2.20. The van der Waals surface area contributed by atoms with Crippen LogP contribution in [0.1, 0.15) is 31.2 Å². The van der Waals surface area contributed by atoms with Crippen LogP contribution in [0.4, 0.5) is 4.39 Å². The van der Waals surface area contributed by atoms with Crippen molar-refractivity contribution in [2.24, 2.45) is 5.41 Å². The van der Waals surface area contributed by atoms with Gasteiger partial charge in [-0.15, -0.1) is 0 Å². The van der Waals surface area contributed by atoms with E-state index >= 15 is 0 Å². The molecule has 0 amide bonds. The summed E-state index contributed by atoms with van der Waals surface area (Å²) in [6.45, 7) is 0. The van der Waals surface area contributed by atoms with E-state index in [0.29, 0.717) is 4.47 Å².